The predicted octanol–water partition coefficient (Wildman–Crippen LogP) is 3.74. The minimum absolute atomic E-state index is 0.00583. The first-order valence-corrected chi connectivity index (χ1v) is 7.30. The fourth-order valence-corrected chi connectivity index (χ4v) is 2.36. The van der Waals surface area contributed by atoms with Crippen LogP contribution in [-0.2, 0) is 0 Å². The normalized spacial score (nSPS) is 10.2. The number of carboxylic acid groups (broad SMARTS) is 1. The molecule has 2 N–H and O–H groups in total. The van der Waals surface area contributed by atoms with E-state index in [9.17, 15) is 9.59 Å². The van der Waals surface area contributed by atoms with Crippen molar-refractivity contribution in [2.45, 2.75) is 6.92 Å². The number of aromatic nitrogens is 1. The number of carbonyl (C=O) groups excluding carboxylic acids is 1. The zero-order valence-electron chi connectivity index (χ0n) is 12.0. The number of rotatable bonds is 5. The number of halogens is 2. The van der Waals surface area contributed by atoms with Gasteiger partial charge in [0, 0.05) is 11.9 Å². The fourth-order valence-electron chi connectivity index (χ4n) is 1.76. The van der Waals surface area contributed by atoms with Crippen LogP contribution in [0, 0.1) is 0 Å². The van der Waals surface area contributed by atoms with Gasteiger partial charge < -0.3 is 15.2 Å². The van der Waals surface area contributed by atoms with Crippen molar-refractivity contribution in [1.29, 1.82) is 0 Å². The highest BCUT2D eigenvalue weighted by Gasteiger charge is 2.13. The highest BCUT2D eigenvalue weighted by Crippen LogP contribution is 2.36. The topological polar surface area (TPSA) is 88.5 Å². The Labute approximate surface area is 142 Å². The van der Waals surface area contributed by atoms with Gasteiger partial charge in [-0.05, 0) is 31.2 Å². The number of anilines is 1. The van der Waals surface area contributed by atoms with Gasteiger partial charge in [0.15, 0.2) is 5.75 Å². The van der Waals surface area contributed by atoms with Crippen molar-refractivity contribution in [3.05, 3.63) is 51.8 Å². The Balaban J connectivity index is 2.18. The molecule has 0 radical (unpaired) electrons. The van der Waals surface area contributed by atoms with Gasteiger partial charge in [-0.2, -0.15) is 0 Å². The summed E-state index contributed by atoms with van der Waals surface area (Å²) in [5.74, 6) is -1.29. The summed E-state index contributed by atoms with van der Waals surface area (Å²) >= 11 is 12.1. The number of benzene rings is 1. The van der Waals surface area contributed by atoms with E-state index in [-0.39, 0.29) is 21.3 Å². The summed E-state index contributed by atoms with van der Waals surface area (Å²) in [7, 11) is 0. The van der Waals surface area contributed by atoms with Gasteiger partial charge in [-0.1, -0.05) is 23.2 Å². The lowest BCUT2D eigenvalue weighted by molar-refractivity contribution is 0.0696. The molecule has 0 saturated heterocycles. The molecule has 0 unspecified atom stereocenters. The predicted molar refractivity (Wildman–Crippen MR) is 86.8 cm³/mol. The third kappa shape index (κ3) is 4.12. The Morgan fingerprint density at radius 3 is 2.39 bits per heavy atom. The molecule has 120 valence electrons. The van der Waals surface area contributed by atoms with Gasteiger partial charge in [-0.25, -0.2) is 4.79 Å². The Morgan fingerprint density at radius 2 is 1.91 bits per heavy atom. The van der Waals surface area contributed by atoms with Crippen molar-refractivity contribution < 1.29 is 19.4 Å². The smallest absolute Gasteiger partial charge is 0.337 e. The second kappa shape index (κ2) is 7.30. The van der Waals surface area contributed by atoms with Gasteiger partial charge in [0.2, 0.25) is 0 Å². The van der Waals surface area contributed by atoms with Crippen LogP contribution < -0.4 is 10.1 Å². The van der Waals surface area contributed by atoms with E-state index in [1.807, 2.05) is 0 Å². The fraction of sp³-hybridized carbons (Fsp3) is 0.133. The molecule has 0 bridgehead atoms. The zero-order valence-corrected chi connectivity index (χ0v) is 13.5. The number of hydrogen-bond donors (Lipinski definition) is 2. The number of carbonyl (C=O) groups is 2. The van der Waals surface area contributed by atoms with Crippen LogP contribution in [0.2, 0.25) is 10.0 Å². The summed E-state index contributed by atoms with van der Waals surface area (Å²) in [6, 6.07) is 5.61. The first-order valence-electron chi connectivity index (χ1n) is 6.55. The molecule has 0 fully saturated rings. The van der Waals surface area contributed by atoms with Crippen molar-refractivity contribution in [3.63, 3.8) is 0 Å². The highest BCUT2D eigenvalue weighted by molar-refractivity contribution is 6.37. The number of pyridine rings is 1. The molecule has 23 heavy (non-hydrogen) atoms. The first-order chi connectivity index (χ1) is 10.9. The Morgan fingerprint density at radius 1 is 1.26 bits per heavy atom. The lowest BCUT2D eigenvalue weighted by Gasteiger charge is -2.11. The molecule has 1 heterocycles. The van der Waals surface area contributed by atoms with Gasteiger partial charge in [-0.3, -0.25) is 9.78 Å². The largest absolute Gasteiger partial charge is 0.491 e. The monoisotopic (exact) mass is 354 g/mol. The molecule has 1 amide bonds. The van der Waals surface area contributed by atoms with Crippen LogP contribution in [0.3, 0.4) is 0 Å². The summed E-state index contributed by atoms with van der Waals surface area (Å²) in [6.45, 7) is 2.21. The van der Waals surface area contributed by atoms with Crippen molar-refractivity contribution in [2.75, 3.05) is 11.9 Å². The number of amides is 1. The molecule has 8 heteroatoms. The average molecular weight is 355 g/mol. The van der Waals surface area contributed by atoms with Crippen molar-refractivity contribution in [1.82, 2.24) is 4.98 Å². The van der Waals surface area contributed by atoms with Gasteiger partial charge in [0.05, 0.1) is 22.2 Å². The van der Waals surface area contributed by atoms with Crippen LogP contribution in [0.15, 0.2) is 30.5 Å². The first kappa shape index (κ1) is 17.1. The second-order valence-corrected chi connectivity index (χ2v) is 5.21. The average Bonchev–Trinajstić information content (AvgIpc) is 2.51. The van der Waals surface area contributed by atoms with E-state index < -0.39 is 11.9 Å². The maximum absolute atomic E-state index is 12.1. The highest BCUT2D eigenvalue weighted by atomic mass is 35.5. The maximum Gasteiger partial charge on any atom is 0.337 e. The summed E-state index contributed by atoms with van der Waals surface area (Å²) in [4.78, 5) is 26.6. The van der Waals surface area contributed by atoms with E-state index in [1.165, 1.54) is 24.3 Å². The number of nitrogens with zero attached hydrogens (tertiary/aromatic N) is 1. The molecule has 2 aromatic rings. The Kier molecular flexibility index (Phi) is 5.41. The summed E-state index contributed by atoms with van der Waals surface area (Å²) in [5, 5.41) is 11.9. The quantitative estimate of drug-likeness (QED) is 0.853. The summed E-state index contributed by atoms with van der Waals surface area (Å²) in [5.41, 5.74) is 0.433. The van der Waals surface area contributed by atoms with E-state index >= 15 is 0 Å². The molecule has 0 aliphatic rings. The summed E-state index contributed by atoms with van der Waals surface area (Å²) in [6.07, 6.45) is 1.11. The number of ether oxygens (including phenoxy) is 1. The Hall–Kier alpha value is -2.31. The summed E-state index contributed by atoms with van der Waals surface area (Å²) < 4.78 is 5.30. The van der Waals surface area contributed by atoms with Crippen LogP contribution >= 0.6 is 23.2 Å². The van der Waals surface area contributed by atoms with Gasteiger partial charge in [0.25, 0.3) is 5.91 Å². The second-order valence-electron chi connectivity index (χ2n) is 4.39. The molecule has 0 atom stereocenters. The van der Waals surface area contributed by atoms with Crippen LogP contribution in [0.1, 0.15) is 27.8 Å². The van der Waals surface area contributed by atoms with Gasteiger partial charge >= 0.3 is 5.97 Å². The third-order valence-electron chi connectivity index (χ3n) is 2.79. The van der Waals surface area contributed by atoms with Crippen molar-refractivity contribution in [3.8, 4) is 5.75 Å². The van der Waals surface area contributed by atoms with Crippen LogP contribution in [0.5, 0.6) is 5.75 Å². The maximum atomic E-state index is 12.1. The van der Waals surface area contributed by atoms with Crippen molar-refractivity contribution >= 4 is 40.8 Å². The molecular formula is C15H12Cl2N2O4. The van der Waals surface area contributed by atoms with Gasteiger partial charge in [0.1, 0.15) is 5.69 Å². The molecule has 1 aromatic carbocycles. The van der Waals surface area contributed by atoms with E-state index in [0.29, 0.717) is 18.0 Å². The van der Waals surface area contributed by atoms with Crippen LogP contribution in [0.4, 0.5) is 5.69 Å². The van der Waals surface area contributed by atoms with Gasteiger partial charge in [-0.15, -0.1) is 0 Å². The molecule has 0 spiro atoms. The molecule has 0 aliphatic carbocycles. The number of aromatic carboxylic acids is 1. The molecular weight excluding hydrogens is 343 g/mol. The standard InChI is InChI=1S/C15H12Cl2N2O4/c1-2-23-13-10(16)5-9(6-11(13)17)19-14(20)12-4-3-8(7-18-12)15(21)22/h3-7H,2H2,1H3,(H,19,20)(H,21,22). The lowest BCUT2D eigenvalue weighted by atomic mass is 10.2. The minimum Gasteiger partial charge on any atom is -0.491 e. The van der Waals surface area contributed by atoms with Crippen molar-refractivity contribution in [2.24, 2.45) is 0 Å². The van der Waals surface area contributed by atoms with E-state index in [2.05, 4.69) is 10.3 Å². The molecule has 0 saturated carbocycles. The lowest BCUT2D eigenvalue weighted by Crippen LogP contribution is -2.14. The van der Waals surface area contributed by atoms with E-state index in [0.717, 1.165) is 6.20 Å². The number of carboxylic acids is 1. The number of hydrogen-bond acceptors (Lipinski definition) is 4. The van der Waals surface area contributed by atoms with Crippen LogP contribution in [-0.4, -0.2) is 28.6 Å². The molecule has 1 aromatic heterocycles. The van der Waals surface area contributed by atoms with E-state index in [4.69, 9.17) is 33.0 Å². The Bertz CT molecular complexity index is 725. The number of nitrogens with one attached hydrogen (secondary N) is 1. The molecule has 6 nitrogen and oxygen atoms in total. The molecule has 0 aliphatic heterocycles. The van der Waals surface area contributed by atoms with Crippen LogP contribution in [0.25, 0.3) is 0 Å². The zero-order chi connectivity index (χ0) is 17.0. The van der Waals surface area contributed by atoms with E-state index in [1.54, 1.807) is 6.92 Å². The third-order valence-corrected chi connectivity index (χ3v) is 3.35. The minimum atomic E-state index is -1.12. The SMILES string of the molecule is CCOc1c(Cl)cc(NC(=O)c2ccc(C(=O)O)cn2)cc1Cl. The molecule has 2 rings (SSSR count).